The maximum Gasteiger partial charge on any atom is 0.310 e. The molecular formula is C18H27NO2. The first-order valence-corrected chi connectivity index (χ1v) is 7.89. The Balaban J connectivity index is 2.05. The molecule has 116 valence electrons. The third-order valence-corrected chi connectivity index (χ3v) is 4.65. The Kier molecular flexibility index (Phi) is 5.04. The van der Waals surface area contributed by atoms with Crippen LogP contribution in [0.3, 0.4) is 0 Å². The predicted octanol–water partition coefficient (Wildman–Crippen LogP) is 3.71. The number of hydrogen-bond acceptors (Lipinski definition) is 2. The summed E-state index contributed by atoms with van der Waals surface area (Å²) in [6.07, 6.45) is 3.81. The van der Waals surface area contributed by atoms with Crippen LogP contribution in [0.4, 0.5) is 0 Å². The highest BCUT2D eigenvalue weighted by atomic mass is 16.4. The largest absolute Gasteiger partial charge is 0.481 e. The van der Waals surface area contributed by atoms with Crippen LogP contribution in [0.15, 0.2) is 24.3 Å². The first kappa shape index (κ1) is 16.0. The number of carboxylic acids is 1. The molecule has 3 nitrogen and oxygen atoms in total. The summed E-state index contributed by atoms with van der Waals surface area (Å²) in [7, 11) is 2.03. The molecule has 0 bridgehead atoms. The van der Waals surface area contributed by atoms with Crippen LogP contribution in [-0.2, 0) is 11.3 Å². The van der Waals surface area contributed by atoms with E-state index in [4.69, 9.17) is 0 Å². The lowest BCUT2D eigenvalue weighted by Crippen LogP contribution is -2.44. The summed E-state index contributed by atoms with van der Waals surface area (Å²) >= 11 is 0. The standard InChI is InChI=1S/C18H27NO2/c1-14-6-4-8-16(10-14)12-19(3)13-18(17(20)21)9-5-7-15(2)11-18/h4,6,8,10,15H,5,7,9,11-13H2,1-3H3,(H,20,21). The molecule has 0 radical (unpaired) electrons. The van der Waals surface area contributed by atoms with Gasteiger partial charge in [-0.15, -0.1) is 0 Å². The van der Waals surface area contributed by atoms with Crippen LogP contribution in [0, 0.1) is 18.3 Å². The maximum absolute atomic E-state index is 11.8. The summed E-state index contributed by atoms with van der Waals surface area (Å²) in [5.74, 6) is -0.104. The number of benzene rings is 1. The number of carboxylic acid groups (broad SMARTS) is 1. The number of carbonyl (C=O) groups is 1. The van der Waals surface area contributed by atoms with E-state index >= 15 is 0 Å². The van der Waals surface area contributed by atoms with Gasteiger partial charge >= 0.3 is 5.97 Å². The van der Waals surface area contributed by atoms with Crippen LogP contribution in [0.5, 0.6) is 0 Å². The molecule has 1 saturated carbocycles. The molecule has 3 heteroatoms. The van der Waals surface area contributed by atoms with Gasteiger partial charge in [-0.2, -0.15) is 0 Å². The Morgan fingerprint density at radius 3 is 2.86 bits per heavy atom. The molecule has 2 atom stereocenters. The van der Waals surface area contributed by atoms with E-state index in [1.54, 1.807) is 0 Å². The van der Waals surface area contributed by atoms with E-state index in [9.17, 15) is 9.90 Å². The molecule has 1 aromatic rings. The lowest BCUT2D eigenvalue weighted by molar-refractivity contribution is -0.153. The Hall–Kier alpha value is -1.35. The van der Waals surface area contributed by atoms with Crippen molar-refractivity contribution in [2.24, 2.45) is 11.3 Å². The van der Waals surface area contributed by atoms with Crippen molar-refractivity contribution in [3.8, 4) is 0 Å². The van der Waals surface area contributed by atoms with Crippen LogP contribution in [0.1, 0.15) is 43.7 Å². The zero-order chi connectivity index (χ0) is 15.5. The summed E-state index contributed by atoms with van der Waals surface area (Å²) in [5.41, 5.74) is 1.94. The van der Waals surface area contributed by atoms with Gasteiger partial charge in [0.1, 0.15) is 0 Å². The SMILES string of the molecule is Cc1cccc(CN(C)CC2(C(=O)O)CCCC(C)C2)c1. The van der Waals surface area contributed by atoms with Crippen molar-refractivity contribution >= 4 is 5.97 Å². The second-order valence-corrected chi connectivity index (χ2v) is 6.95. The van der Waals surface area contributed by atoms with E-state index in [1.807, 2.05) is 7.05 Å². The van der Waals surface area contributed by atoms with Crippen LogP contribution < -0.4 is 0 Å². The Bertz CT molecular complexity index is 500. The lowest BCUT2D eigenvalue weighted by atomic mass is 9.69. The minimum atomic E-state index is -0.620. The van der Waals surface area contributed by atoms with Crippen molar-refractivity contribution in [3.05, 3.63) is 35.4 Å². The first-order chi connectivity index (χ1) is 9.91. The number of aryl methyl sites for hydroxylation is 1. The lowest BCUT2D eigenvalue weighted by Gasteiger charge is -2.39. The molecule has 0 aliphatic heterocycles. The van der Waals surface area contributed by atoms with Crippen LogP contribution in [0.25, 0.3) is 0 Å². The molecule has 1 aromatic carbocycles. The van der Waals surface area contributed by atoms with Gasteiger partial charge in [-0.3, -0.25) is 4.79 Å². The van der Waals surface area contributed by atoms with Crippen molar-refractivity contribution in [3.63, 3.8) is 0 Å². The number of rotatable bonds is 5. The van der Waals surface area contributed by atoms with E-state index in [-0.39, 0.29) is 0 Å². The number of aliphatic carboxylic acids is 1. The molecule has 0 amide bonds. The molecule has 1 aliphatic rings. The van der Waals surface area contributed by atoms with Gasteiger partial charge < -0.3 is 10.0 Å². The van der Waals surface area contributed by atoms with E-state index in [2.05, 4.69) is 43.0 Å². The van der Waals surface area contributed by atoms with E-state index in [1.165, 1.54) is 11.1 Å². The topological polar surface area (TPSA) is 40.5 Å². The molecule has 0 saturated heterocycles. The molecule has 0 aromatic heterocycles. The summed E-state index contributed by atoms with van der Waals surface area (Å²) in [6, 6.07) is 8.44. The molecule has 0 heterocycles. The monoisotopic (exact) mass is 289 g/mol. The fourth-order valence-corrected chi connectivity index (χ4v) is 3.76. The Morgan fingerprint density at radius 2 is 2.24 bits per heavy atom. The van der Waals surface area contributed by atoms with Gasteiger partial charge in [0.15, 0.2) is 0 Å². The third kappa shape index (κ3) is 4.07. The Morgan fingerprint density at radius 1 is 1.48 bits per heavy atom. The zero-order valence-corrected chi connectivity index (χ0v) is 13.4. The molecule has 2 rings (SSSR count). The fourth-order valence-electron chi connectivity index (χ4n) is 3.76. The smallest absolute Gasteiger partial charge is 0.310 e. The van der Waals surface area contributed by atoms with Gasteiger partial charge in [-0.25, -0.2) is 0 Å². The highest BCUT2D eigenvalue weighted by Gasteiger charge is 2.42. The van der Waals surface area contributed by atoms with E-state index < -0.39 is 11.4 Å². The van der Waals surface area contributed by atoms with Crippen molar-refractivity contribution in [1.82, 2.24) is 4.90 Å². The third-order valence-electron chi connectivity index (χ3n) is 4.65. The van der Waals surface area contributed by atoms with Gasteiger partial charge in [0, 0.05) is 13.1 Å². The number of hydrogen-bond donors (Lipinski definition) is 1. The normalized spacial score (nSPS) is 26.0. The molecule has 21 heavy (non-hydrogen) atoms. The van der Waals surface area contributed by atoms with Crippen molar-refractivity contribution < 1.29 is 9.90 Å². The van der Waals surface area contributed by atoms with Crippen LogP contribution in [0.2, 0.25) is 0 Å². The molecule has 1 N–H and O–H groups in total. The van der Waals surface area contributed by atoms with E-state index in [0.717, 1.165) is 32.2 Å². The summed E-state index contributed by atoms with van der Waals surface area (Å²) in [4.78, 5) is 14.0. The van der Waals surface area contributed by atoms with Crippen molar-refractivity contribution in [2.45, 2.75) is 46.1 Å². The molecule has 2 unspecified atom stereocenters. The minimum Gasteiger partial charge on any atom is -0.481 e. The summed E-state index contributed by atoms with van der Waals surface area (Å²) in [5, 5.41) is 9.74. The molecule has 1 fully saturated rings. The molecule has 1 aliphatic carbocycles. The highest BCUT2D eigenvalue weighted by Crippen LogP contribution is 2.40. The first-order valence-electron chi connectivity index (χ1n) is 7.89. The van der Waals surface area contributed by atoms with Gasteiger partial charge in [-0.05, 0) is 38.3 Å². The van der Waals surface area contributed by atoms with Gasteiger partial charge in [0.2, 0.25) is 0 Å². The second kappa shape index (κ2) is 6.61. The molecule has 0 spiro atoms. The highest BCUT2D eigenvalue weighted by molar-refractivity contribution is 5.75. The van der Waals surface area contributed by atoms with E-state index in [0.29, 0.717) is 12.5 Å². The summed E-state index contributed by atoms with van der Waals surface area (Å²) in [6.45, 7) is 5.72. The quantitative estimate of drug-likeness (QED) is 0.898. The zero-order valence-electron chi connectivity index (χ0n) is 13.4. The predicted molar refractivity (Wildman–Crippen MR) is 85.2 cm³/mol. The average molecular weight is 289 g/mol. The van der Waals surface area contributed by atoms with Crippen molar-refractivity contribution in [2.75, 3.05) is 13.6 Å². The van der Waals surface area contributed by atoms with Gasteiger partial charge in [0.05, 0.1) is 5.41 Å². The van der Waals surface area contributed by atoms with Gasteiger partial charge in [0.25, 0.3) is 0 Å². The Labute approximate surface area is 128 Å². The van der Waals surface area contributed by atoms with Gasteiger partial charge in [-0.1, -0.05) is 49.6 Å². The second-order valence-electron chi connectivity index (χ2n) is 6.95. The average Bonchev–Trinajstić information content (AvgIpc) is 2.38. The van der Waals surface area contributed by atoms with Crippen LogP contribution in [-0.4, -0.2) is 29.6 Å². The minimum absolute atomic E-state index is 0.516. The van der Waals surface area contributed by atoms with Crippen molar-refractivity contribution in [1.29, 1.82) is 0 Å². The number of nitrogens with zero attached hydrogens (tertiary/aromatic N) is 1. The summed E-state index contributed by atoms with van der Waals surface area (Å²) < 4.78 is 0. The fraction of sp³-hybridized carbons (Fsp3) is 0.611. The maximum atomic E-state index is 11.8. The molecular weight excluding hydrogens is 262 g/mol. The van der Waals surface area contributed by atoms with Crippen LogP contribution >= 0.6 is 0 Å².